The van der Waals surface area contributed by atoms with Gasteiger partial charge in [-0.2, -0.15) is 0 Å². The Morgan fingerprint density at radius 1 is 1.03 bits per heavy atom. The highest BCUT2D eigenvalue weighted by Crippen LogP contribution is 2.37. The number of thioether (sulfide) groups is 1. The van der Waals surface area contributed by atoms with Gasteiger partial charge < -0.3 is 9.88 Å². The van der Waals surface area contributed by atoms with Crippen molar-refractivity contribution >= 4 is 34.9 Å². The molecule has 1 saturated carbocycles. The minimum absolute atomic E-state index is 0.178. The molecule has 2 aliphatic rings. The molecule has 1 heterocycles. The SMILES string of the molecule is O=C(CSc1nncn1C1CC1)Nc1ccc2c(c1)C(=O)c1ccccc1C2=O. The van der Waals surface area contributed by atoms with Crippen molar-refractivity contribution in [1.82, 2.24) is 14.8 Å². The number of aromatic nitrogens is 3. The van der Waals surface area contributed by atoms with Gasteiger partial charge in [0.15, 0.2) is 16.7 Å². The Hall–Kier alpha value is -3.26. The van der Waals surface area contributed by atoms with E-state index < -0.39 is 0 Å². The van der Waals surface area contributed by atoms with E-state index in [-0.39, 0.29) is 23.2 Å². The maximum Gasteiger partial charge on any atom is 0.234 e. The summed E-state index contributed by atoms with van der Waals surface area (Å²) >= 11 is 1.33. The number of fused-ring (bicyclic) bond motifs is 2. The molecule has 3 aromatic rings. The molecule has 0 radical (unpaired) electrons. The lowest BCUT2D eigenvalue weighted by atomic mass is 9.84. The summed E-state index contributed by atoms with van der Waals surface area (Å²) in [5.41, 5.74) is 1.96. The second kappa shape index (κ2) is 6.97. The van der Waals surface area contributed by atoms with Crippen molar-refractivity contribution in [3.05, 3.63) is 71.0 Å². The summed E-state index contributed by atoms with van der Waals surface area (Å²) in [5, 5.41) is 11.5. The van der Waals surface area contributed by atoms with Crippen LogP contribution in [0.15, 0.2) is 53.9 Å². The van der Waals surface area contributed by atoms with Gasteiger partial charge in [-0.25, -0.2) is 0 Å². The highest BCUT2D eigenvalue weighted by Gasteiger charge is 2.29. The van der Waals surface area contributed by atoms with Crippen LogP contribution in [0.1, 0.15) is 50.7 Å². The molecule has 1 N–H and O–H groups in total. The number of hydrogen-bond donors (Lipinski definition) is 1. The van der Waals surface area contributed by atoms with Crippen LogP contribution in [0.2, 0.25) is 0 Å². The van der Waals surface area contributed by atoms with Crippen LogP contribution in [0.4, 0.5) is 5.69 Å². The zero-order valence-corrected chi connectivity index (χ0v) is 16.1. The van der Waals surface area contributed by atoms with Crippen LogP contribution in [-0.4, -0.2) is 38.0 Å². The maximum absolute atomic E-state index is 12.8. The monoisotopic (exact) mass is 404 g/mol. The Morgan fingerprint density at radius 3 is 2.45 bits per heavy atom. The number of rotatable bonds is 5. The lowest BCUT2D eigenvalue weighted by Crippen LogP contribution is -2.21. The van der Waals surface area contributed by atoms with E-state index >= 15 is 0 Å². The molecule has 0 unspecified atom stereocenters. The molecule has 7 nitrogen and oxygen atoms in total. The van der Waals surface area contributed by atoms with Crippen molar-refractivity contribution in [3.63, 3.8) is 0 Å². The quantitative estimate of drug-likeness (QED) is 0.514. The molecule has 2 aliphatic carbocycles. The first kappa shape index (κ1) is 17.8. The van der Waals surface area contributed by atoms with Gasteiger partial charge >= 0.3 is 0 Å². The highest BCUT2D eigenvalue weighted by molar-refractivity contribution is 7.99. The summed E-state index contributed by atoms with van der Waals surface area (Å²) in [6, 6.07) is 12.0. The average Bonchev–Trinajstić information content (AvgIpc) is 3.48. The van der Waals surface area contributed by atoms with Crippen LogP contribution >= 0.6 is 11.8 Å². The van der Waals surface area contributed by atoms with Gasteiger partial charge in [0.2, 0.25) is 5.91 Å². The smallest absolute Gasteiger partial charge is 0.234 e. The Bertz CT molecular complexity index is 1170. The van der Waals surface area contributed by atoms with E-state index in [0.717, 1.165) is 18.0 Å². The number of hydrogen-bond acceptors (Lipinski definition) is 6. The summed E-state index contributed by atoms with van der Waals surface area (Å²) < 4.78 is 2.00. The normalized spacial score (nSPS) is 15.0. The summed E-state index contributed by atoms with van der Waals surface area (Å²) in [4.78, 5) is 37.8. The molecule has 1 fully saturated rings. The van der Waals surface area contributed by atoms with Crippen LogP contribution in [0, 0.1) is 0 Å². The fourth-order valence-electron chi connectivity index (χ4n) is 3.44. The molecule has 5 rings (SSSR count). The van der Waals surface area contributed by atoms with E-state index in [4.69, 9.17) is 0 Å². The van der Waals surface area contributed by atoms with Crippen molar-refractivity contribution in [2.75, 3.05) is 11.1 Å². The van der Waals surface area contributed by atoms with Crippen LogP contribution < -0.4 is 5.32 Å². The number of carbonyl (C=O) groups excluding carboxylic acids is 3. The van der Waals surface area contributed by atoms with Gasteiger partial charge in [-0.1, -0.05) is 36.0 Å². The van der Waals surface area contributed by atoms with E-state index in [1.54, 1.807) is 48.8 Å². The summed E-state index contributed by atoms with van der Waals surface area (Å²) in [7, 11) is 0. The van der Waals surface area contributed by atoms with Crippen molar-refractivity contribution in [3.8, 4) is 0 Å². The van der Waals surface area contributed by atoms with Crippen molar-refractivity contribution < 1.29 is 14.4 Å². The second-order valence-corrected chi connectivity index (χ2v) is 8.00. The van der Waals surface area contributed by atoms with Gasteiger partial charge in [0.1, 0.15) is 6.33 Å². The number of ketones is 2. The standard InChI is InChI=1S/C21H16N4O3S/c26-18(10-29-21-24-22-11-25(21)13-6-7-13)23-12-5-8-16-17(9-12)20(28)15-4-2-1-3-14(15)19(16)27/h1-5,8-9,11,13H,6-7,10H2,(H,23,26). The van der Waals surface area contributed by atoms with E-state index in [9.17, 15) is 14.4 Å². The summed E-state index contributed by atoms with van der Waals surface area (Å²) in [6.45, 7) is 0. The molecule has 0 atom stereocenters. The predicted molar refractivity (Wildman–Crippen MR) is 107 cm³/mol. The predicted octanol–water partition coefficient (Wildman–Crippen LogP) is 3.12. The van der Waals surface area contributed by atoms with Crippen LogP contribution in [0.5, 0.6) is 0 Å². The highest BCUT2D eigenvalue weighted by atomic mass is 32.2. The summed E-state index contributed by atoms with van der Waals surface area (Å²) in [6.07, 6.45) is 3.92. The Balaban J connectivity index is 1.31. The van der Waals surface area contributed by atoms with Crippen molar-refractivity contribution in [2.24, 2.45) is 0 Å². The molecule has 144 valence electrons. The van der Waals surface area contributed by atoms with Gasteiger partial charge in [-0.15, -0.1) is 10.2 Å². The molecule has 1 aromatic heterocycles. The fraction of sp³-hybridized carbons (Fsp3) is 0.190. The first-order chi connectivity index (χ1) is 14.1. The number of amides is 1. The third kappa shape index (κ3) is 3.25. The molecule has 2 aromatic carbocycles. The van der Waals surface area contributed by atoms with Gasteiger partial charge in [-0.05, 0) is 31.0 Å². The summed E-state index contributed by atoms with van der Waals surface area (Å²) in [5.74, 6) is -0.422. The zero-order chi connectivity index (χ0) is 20.0. The van der Waals surface area contributed by atoms with Crippen LogP contribution in [0.25, 0.3) is 0 Å². The van der Waals surface area contributed by atoms with Gasteiger partial charge in [0.05, 0.1) is 5.75 Å². The molecule has 0 spiro atoms. The molecule has 8 heteroatoms. The van der Waals surface area contributed by atoms with E-state index in [0.29, 0.717) is 34.0 Å². The lowest BCUT2D eigenvalue weighted by Gasteiger charge is -2.18. The Morgan fingerprint density at radius 2 is 1.72 bits per heavy atom. The number of carbonyl (C=O) groups is 3. The van der Waals surface area contributed by atoms with Gasteiger partial charge in [0, 0.05) is 34.0 Å². The third-order valence-electron chi connectivity index (χ3n) is 5.02. The van der Waals surface area contributed by atoms with E-state index in [2.05, 4.69) is 15.5 Å². The van der Waals surface area contributed by atoms with Gasteiger partial charge in [-0.3, -0.25) is 14.4 Å². The molecule has 1 amide bonds. The average molecular weight is 404 g/mol. The lowest BCUT2D eigenvalue weighted by molar-refractivity contribution is -0.113. The van der Waals surface area contributed by atoms with Crippen LogP contribution in [-0.2, 0) is 4.79 Å². The van der Waals surface area contributed by atoms with E-state index in [1.165, 1.54) is 11.8 Å². The third-order valence-corrected chi connectivity index (χ3v) is 5.98. The van der Waals surface area contributed by atoms with Gasteiger partial charge in [0.25, 0.3) is 0 Å². The van der Waals surface area contributed by atoms with Crippen LogP contribution in [0.3, 0.4) is 0 Å². The minimum atomic E-state index is -0.213. The second-order valence-electron chi connectivity index (χ2n) is 7.05. The zero-order valence-electron chi connectivity index (χ0n) is 15.3. The molecule has 0 saturated heterocycles. The largest absolute Gasteiger partial charge is 0.325 e. The van der Waals surface area contributed by atoms with Crippen molar-refractivity contribution in [1.29, 1.82) is 0 Å². The minimum Gasteiger partial charge on any atom is -0.325 e. The first-order valence-electron chi connectivity index (χ1n) is 9.26. The molecule has 29 heavy (non-hydrogen) atoms. The number of benzene rings is 2. The van der Waals surface area contributed by atoms with Crippen molar-refractivity contribution in [2.45, 2.75) is 24.0 Å². The van der Waals surface area contributed by atoms with E-state index in [1.807, 2.05) is 4.57 Å². The topological polar surface area (TPSA) is 93.9 Å². The Labute approximate surface area is 170 Å². The maximum atomic E-state index is 12.8. The first-order valence-corrected chi connectivity index (χ1v) is 10.2. The fourth-order valence-corrected chi connectivity index (χ4v) is 4.23. The molecule has 0 bridgehead atoms. The number of anilines is 1. The number of nitrogens with one attached hydrogen (secondary N) is 1. The number of nitrogens with zero attached hydrogens (tertiary/aromatic N) is 3. The molecular formula is C21H16N4O3S. The molecular weight excluding hydrogens is 388 g/mol. The Kier molecular flexibility index (Phi) is 4.28. The molecule has 0 aliphatic heterocycles.